The van der Waals surface area contributed by atoms with Crippen molar-refractivity contribution in [1.29, 1.82) is 0 Å². The zero-order chi connectivity index (χ0) is 43.4. The maximum atomic E-state index is 14.2. The van der Waals surface area contributed by atoms with Crippen LogP contribution < -0.4 is 21.1 Å². The number of hydrogen-bond acceptors (Lipinski definition) is 12. The number of aromatic hydroxyl groups is 1. The van der Waals surface area contributed by atoms with E-state index in [0.717, 1.165) is 27.3 Å². The molecule has 2 fully saturated rings. The van der Waals surface area contributed by atoms with Crippen molar-refractivity contribution in [2.45, 2.75) is 84.2 Å². The molecule has 320 valence electrons. The van der Waals surface area contributed by atoms with Gasteiger partial charge in [-0.1, -0.05) is 69.3 Å². The van der Waals surface area contributed by atoms with Gasteiger partial charge in [0.05, 0.1) is 40.5 Å². The number of ether oxygens (including phenoxy) is 1. The Bertz CT molecular complexity index is 2340. The third kappa shape index (κ3) is 10.2. The molecule has 0 saturated carbocycles. The van der Waals surface area contributed by atoms with Gasteiger partial charge >= 0.3 is 0 Å². The summed E-state index contributed by atoms with van der Waals surface area (Å²) >= 11 is 1.58. The number of likely N-dealkylation sites (tertiary alicyclic amines) is 2. The second-order valence-electron chi connectivity index (χ2n) is 17.0. The molecule has 2 saturated heterocycles. The van der Waals surface area contributed by atoms with Crippen LogP contribution in [0, 0.1) is 12.3 Å². The number of carbonyl (C=O) groups is 3. The average Bonchev–Trinajstić information content (AvgIpc) is 3.86. The number of phenolic OH excluding ortho intramolecular Hbond substituents is 1. The number of benzene rings is 3. The third-order valence-corrected chi connectivity index (χ3v) is 12.4. The maximum absolute atomic E-state index is 14.2. The van der Waals surface area contributed by atoms with Crippen LogP contribution >= 0.6 is 11.3 Å². The second kappa shape index (κ2) is 18.4. The summed E-state index contributed by atoms with van der Waals surface area (Å²) in [5, 5.41) is 35.3. The Morgan fingerprint density at radius 2 is 1.64 bits per heavy atom. The van der Waals surface area contributed by atoms with E-state index >= 15 is 0 Å². The largest absolute Gasteiger partial charge is 0.507 e. The Labute approximate surface area is 360 Å². The van der Waals surface area contributed by atoms with E-state index in [1.807, 2.05) is 99.6 Å². The molecule has 0 radical (unpaired) electrons. The highest BCUT2D eigenvalue weighted by Gasteiger charge is 2.45. The van der Waals surface area contributed by atoms with Crippen molar-refractivity contribution < 1.29 is 29.3 Å². The number of nitrogens with zero attached hydrogens (tertiary/aromatic N) is 5. The molecule has 0 spiro atoms. The lowest BCUT2D eigenvalue weighted by Crippen LogP contribution is -2.59. The average molecular weight is 847 g/mol. The van der Waals surface area contributed by atoms with Gasteiger partial charge in [-0.15, -0.1) is 21.5 Å². The molecule has 3 amide bonds. The number of para-hydroxylation sites is 1. The first-order valence-corrected chi connectivity index (χ1v) is 21.5. The Balaban J connectivity index is 0.908. The summed E-state index contributed by atoms with van der Waals surface area (Å²) in [5.41, 5.74) is 12.9. The predicted octanol–water partition coefficient (Wildman–Crippen LogP) is 5.74. The molecule has 0 unspecified atom stereocenters. The maximum Gasteiger partial charge on any atom is 0.246 e. The molecule has 0 aliphatic carbocycles. The molecule has 7 rings (SSSR count). The van der Waals surface area contributed by atoms with Crippen LogP contribution in [0.1, 0.15) is 64.3 Å². The van der Waals surface area contributed by atoms with Crippen molar-refractivity contribution in [1.82, 2.24) is 35.6 Å². The van der Waals surface area contributed by atoms with Gasteiger partial charge in [-0.3, -0.25) is 19.3 Å². The van der Waals surface area contributed by atoms with Crippen LogP contribution in [0.3, 0.4) is 0 Å². The Hall–Kier alpha value is -5.90. The highest BCUT2D eigenvalue weighted by Crippen LogP contribution is 2.34. The number of aliphatic hydroxyl groups is 1. The topological polar surface area (TPSA) is 196 Å². The first-order valence-electron chi connectivity index (χ1n) is 20.6. The number of aromatic nitrogens is 3. The molecular formula is C46H54N8O6S. The smallest absolute Gasteiger partial charge is 0.246 e. The minimum atomic E-state index is -0.917. The number of β-amino-alcohol motifs (C(OH)–C–C–N with tert-alkyl or cyclic N) is 1. The van der Waals surface area contributed by atoms with Gasteiger partial charge in [-0.05, 0) is 79.1 Å². The number of nitrogen functional groups attached to an aromatic ring is 1. The summed E-state index contributed by atoms with van der Waals surface area (Å²) < 4.78 is 6.32. The molecule has 0 bridgehead atoms. The number of nitrogens with two attached hydrogens (primary N) is 1. The third-order valence-electron chi connectivity index (χ3n) is 11.4. The van der Waals surface area contributed by atoms with E-state index in [9.17, 15) is 24.6 Å². The van der Waals surface area contributed by atoms with Crippen molar-refractivity contribution >= 4 is 34.9 Å². The molecule has 61 heavy (non-hydrogen) atoms. The molecule has 2 aliphatic heterocycles. The molecular weight excluding hydrogens is 793 g/mol. The number of phenols is 1. The van der Waals surface area contributed by atoms with Crippen molar-refractivity contribution in [3.63, 3.8) is 0 Å². The molecule has 2 aromatic heterocycles. The van der Waals surface area contributed by atoms with Crippen molar-refractivity contribution in [2.75, 3.05) is 31.9 Å². The molecule has 4 heterocycles. The summed E-state index contributed by atoms with van der Waals surface area (Å²) in [6.45, 7) is 10.9. The highest BCUT2D eigenvalue weighted by molar-refractivity contribution is 7.13. The molecule has 4 atom stereocenters. The molecule has 2 aliphatic rings. The number of aryl methyl sites for hydroxylation is 1. The van der Waals surface area contributed by atoms with Crippen LogP contribution in [0.4, 0.5) is 5.82 Å². The normalized spacial score (nSPS) is 18.4. The van der Waals surface area contributed by atoms with Crippen LogP contribution in [-0.4, -0.2) is 103 Å². The van der Waals surface area contributed by atoms with Gasteiger partial charge in [-0.2, -0.15) is 0 Å². The van der Waals surface area contributed by atoms with Crippen molar-refractivity contribution in [3.8, 4) is 44.3 Å². The SMILES string of the molecule is Cc1ncsc1-c1ccc([C@H](C)NC(=O)[C@@H]2C[C@@H](O)CN2C(=O)[C@@H](NC(=O)CN2CCC(Oc3ccc(-c4cc(-c5ccccc5O)nnc4N)cc3)CC2)C(C)(C)C)cc1. The first-order chi connectivity index (χ1) is 29.1. The van der Waals surface area contributed by atoms with Crippen LogP contribution in [0.15, 0.2) is 84.4 Å². The molecule has 15 heteroatoms. The van der Waals surface area contributed by atoms with Crippen LogP contribution in [0.2, 0.25) is 0 Å². The van der Waals surface area contributed by atoms with Gasteiger partial charge in [0.25, 0.3) is 0 Å². The fourth-order valence-electron chi connectivity index (χ4n) is 7.97. The number of aliphatic hydroxyl groups excluding tert-OH is 1. The monoisotopic (exact) mass is 846 g/mol. The lowest BCUT2D eigenvalue weighted by molar-refractivity contribution is -0.144. The van der Waals surface area contributed by atoms with Crippen molar-refractivity contribution in [2.24, 2.45) is 5.41 Å². The summed E-state index contributed by atoms with van der Waals surface area (Å²) in [5.74, 6) is 0.0505. The zero-order valence-electron chi connectivity index (χ0n) is 35.2. The van der Waals surface area contributed by atoms with Gasteiger partial charge in [0.1, 0.15) is 29.7 Å². The summed E-state index contributed by atoms with van der Waals surface area (Å²) in [4.78, 5) is 50.3. The zero-order valence-corrected chi connectivity index (χ0v) is 36.0. The second-order valence-corrected chi connectivity index (χ2v) is 17.9. The number of thiazole rings is 1. The molecule has 6 N–H and O–H groups in total. The van der Waals surface area contributed by atoms with Gasteiger partial charge in [0, 0.05) is 37.2 Å². The van der Waals surface area contributed by atoms with E-state index in [1.54, 1.807) is 35.6 Å². The van der Waals surface area contributed by atoms with Gasteiger partial charge < -0.3 is 36.2 Å². The van der Waals surface area contributed by atoms with E-state index in [-0.39, 0.29) is 55.0 Å². The fourth-order valence-corrected chi connectivity index (χ4v) is 8.78. The van der Waals surface area contributed by atoms with Crippen molar-refractivity contribution in [3.05, 3.63) is 95.6 Å². The predicted molar refractivity (Wildman–Crippen MR) is 235 cm³/mol. The van der Waals surface area contributed by atoms with Crippen LogP contribution in [0.5, 0.6) is 11.5 Å². The van der Waals surface area contributed by atoms with E-state index in [2.05, 4.69) is 25.8 Å². The number of hydrogen-bond donors (Lipinski definition) is 5. The first kappa shape index (κ1) is 43.2. The minimum Gasteiger partial charge on any atom is -0.507 e. The van der Waals surface area contributed by atoms with Gasteiger partial charge in [-0.25, -0.2) is 4.98 Å². The molecule has 14 nitrogen and oxygen atoms in total. The summed E-state index contributed by atoms with van der Waals surface area (Å²) in [7, 11) is 0. The Kier molecular flexibility index (Phi) is 13.0. The number of carbonyl (C=O) groups excluding carboxylic acids is 3. The summed E-state index contributed by atoms with van der Waals surface area (Å²) in [6, 6.07) is 22.2. The van der Waals surface area contributed by atoms with Gasteiger partial charge in [0.15, 0.2) is 5.82 Å². The number of piperidine rings is 1. The fraction of sp³-hybridized carbons (Fsp3) is 0.391. The summed E-state index contributed by atoms with van der Waals surface area (Å²) in [6.07, 6.45) is 0.612. The van der Waals surface area contributed by atoms with Gasteiger partial charge in [0.2, 0.25) is 17.7 Å². The number of amides is 3. The Morgan fingerprint density at radius 3 is 2.30 bits per heavy atom. The number of anilines is 1. The lowest BCUT2D eigenvalue weighted by atomic mass is 9.85. The van der Waals surface area contributed by atoms with E-state index in [0.29, 0.717) is 48.5 Å². The van der Waals surface area contributed by atoms with Crippen LogP contribution in [0.25, 0.3) is 32.8 Å². The highest BCUT2D eigenvalue weighted by atomic mass is 32.1. The van der Waals surface area contributed by atoms with E-state index in [1.165, 1.54) is 4.90 Å². The van der Waals surface area contributed by atoms with E-state index in [4.69, 9.17) is 10.5 Å². The standard InChI is InChI=1S/C46H54N8O6S/c1-27(29-10-12-31(13-11-29)41-28(2)48-26-61-41)49-44(58)38-22-32(55)24-54(38)45(59)42(46(3,4)5)50-40(57)25-53-20-18-34(19-21-53)60-33-16-14-30(15-17-33)36-23-37(51-52-43(36)47)35-8-6-7-9-39(35)56/h6-17,23,26-27,32,34,38,42,55-56H,18-22,24-25H2,1-5H3,(H2,47,52)(H,49,58)(H,50,57)/t27-,32+,38-,42+/m0/s1. The minimum absolute atomic E-state index is 0.00245. The Morgan fingerprint density at radius 1 is 0.951 bits per heavy atom. The number of rotatable bonds is 12. The van der Waals surface area contributed by atoms with Crippen LogP contribution in [-0.2, 0) is 14.4 Å². The molecule has 3 aromatic carbocycles. The lowest BCUT2D eigenvalue weighted by Gasteiger charge is -2.36. The number of nitrogens with one attached hydrogen (secondary N) is 2. The van der Waals surface area contributed by atoms with E-state index < -0.39 is 29.5 Å². The molecule has 5 aromatic rings. The quantitative estimate of drug-likeness (QED) is 0.103.